The summed E-state index contributed by atoms with van der Waals surface area (Å²) in [6.45, 7) is 8.51. The Morgan fingerprint density at radius 2 is 1.78 bits per heavy atom. The molecule has 188 valence electrons. The number of carbonyl (C=O) groups excluding carboxylic acids is 1. The Kier molecular flexibility index (Phi) is 6.97. The topological polar surface area (TPSA) is 99.2 Å². The summed E-state index contributed by atoms with van der Waals surface area (Å²) in [4.78, 5) is 28.6. The maximum absolute atomic E-state index is 13.6. The van der Waals surface area contributed by atoms with E-state index >= 15 is 0 Å². The first-order chi connectivity index (χ1) is 17.5. The molecule has 10 nitrogen and oxygen atoms in total. The zero-order chi connectivity index (χ0) is 25.1. The predicted octanol–water partition coefficient (Wildman–Crippen LogP) is 1.83. The van der Waals surface area contributed by atoms with Crippen molar-refractivity contribution >= 4 is 16.8 Å². The van der Waals surface area contributed by atoms with Crippen LogP contribution in [0, 0.1) is 13.8 Å². The standard InChI is InChI=1S/C26H31N7O3/c1-19-6-8-21(9-7-19)33-25(31-12-3-4-13-31)23-24(29-33)20(2)28-32(26(23)35)18-22(34)27-10-5-11-30-14-16-36-17-15-30/h3-4,6-9,12-13H,5,10-11,14-18H2,1-2H3,(H,27,34). The van der Waals surface area contributed by atoms with Crippen LogP contribution < -0.4 is 10.9 Å². The summed E-state index contributed by atoms with van der Waals surface area (Å²) in [5, 5.41) is 12.5. The third kappa shape index (κ3) is 4.95. The van der Waals surface area contributed by atoms with Crippen molar-refractivity contribution in [3.63, 3.8) is 0 Å². The van der Waals surface area contributed by atoms with Crippen molar-refractivity contribution in [1.29, 1.82) is 0 Å². The molecule has 0 atom stereocenters. The number of aromatic nitrogens is 5. The van der Waals surface area contributed by atoms with Crippen LogP contribution in [0.25, 0.3) is 22.4 Å². The fourth-order valence-electron chi connectivity index (χ4n) is 4.50. The summed E-state index contributed by atoms with van der Waals surface area (Å²) in [6.07, 6.45) is 4.59. The zero-order valence-corrected chi connectivity index (χ0v) is 20.7. The molecular weight excluding hydrogens is 458 g/mol. The molecule has 36 heavy (non-hydrogen) atoms. The minimum Gasteiger partial charge on any atom is -0.379 e. The van der Waals surface area contributed by atoms with Crippen molar-refractivity contribution < 1.29 is 9.53 Å². The van der Waals surface area contributed by atoms with Crippen molar-refractivity contribution in [3.05, 3.63) is 70.4 Å². The van der Waals surface area contributed by atoms with Crippen LogP contribution in [0.1, 0.15) is 17.7 Å². The van der Waals surface area contributed by atoms with Crippen LogP contribution in [-0.4, -0.2) is 74.3 Å². The lowest BCUT2D eigenvalue weighted by Crippen LogP contribution is -2.39. The number of amides is 1. The first-order valence-electron chi connectivity index (χ1n) is 12.3. The molecule has 0 saturated carbocycles. The number of benzene rings is 1. The number of aryl methyl sites for hydroxylation is 2. The Hall–Kier alpha value is -3.76. The van der Waals surface area contributed by atoms with Crippen molar-refractivity contribution in [2.75, 3.05) is 39.4 Å². The van der Waals surface area contributed by atoms with Crippen molar-refractivity contribution in [3.8, 4) is 11.5 Å². The number of hydrogen-bond acceptors (Lipinski definition) is 6. The highest BCUT2D eigenvalue weighted by Gasteiger charge is 2.22. The first-order valence-corrected chi connectivity index (χ1v) is 12.3. The third-order valence-electron chi connectivity index (χ3n) is 6.42. The fraction of sp³-hybridized carbons (Fsp3) is 0.385. The number of nitrogens with zero attached hydrogens (tertiary/aromatic N) is 6. The van der Waals surface area contributed by atoms with E-state index in [4.69, 9.17) is 9.84 Å². The Labute approximate surface area is 209 Å². The number of ether oxygens (including phenoxy) is 1. The molecule has 10 heteroatoms. The molecule has 0 bridgehead atoms. The second-order valence-electron chi connectivity index (χ2n) is 9.09. The lowest BCUT2D eigenvalue weighted by atomic mass is 10.2. The minimum absolute atomic E-state index is 0.145. The van der Waals surface area contributed by atoms with Crippen LogP contribution in [-0.2, 0) is 16.1 Å². The normalized spacial score (nSPS) is 14.4. The molecule has 1 N–H and O–H groups in total. The molecule has 1 aromatic carbocycles. The smallest absolute Gasteiger partial charge is 0.280 e. The van der Waals surface area contributed by atoms with Crippen LogP contribution in [0.15, 0.2) is 53.6 Å². The Balaban J connectivity index is 1.41. The number of morpholine rings is 1. The van der Waals surface area contributed by atoms with Gasteiger partial charge in [-0.3, -0.25) is 14.5 Å². The van der Waals surface area contributed by atoms with Gasteiger partial charge in [-0.25, -0.2) is 9.36 Å². The lowest BCUT2D eigenvalue weighted by molar-refractivity contribution is -0.121. The van der Waals surface area contributed by atoms with Crippen molar-refractivity contribution in [2.45, 2.75) is 26.8 Å². The molecule has 4 heterocycles. The molecule has 1 aliphatic rings. The van der Waals surface area contributed by atoms with Crippen LogP contribution in [0.3, 0.4) is 0 Å². The number of hydrogen-bond donors (Lipinski definition) is 1. The third-order valence-corrected chi connectivity index (χ3v) is 6.42. The molecule has 3 aromatic heterocycles. The van der Waals surface area contributed by atoms with E-state index in [1.807, 2.05) is 67.2 Å². The average Bonchev–Trinajstić information content (AvgIpc) is 3.55. The highest BCUT2D eigenvalue weighted by atomic mass is 16.5. The number of fused-ring (bicyclic) bond motifs is 1. The number of rotatable bonds is 8. The first kappa shape index (κ1) is 24.0. The molecule has 5 rings (SSSR count). The summed E-state index contributed by atoms with van der Waals surface area (Å²) >= 11 is 0. The molecule has 0 aliphatic carbocycles. The number of nitrogens with one attached hydrogen (secondary N) is 1. The van der Waals surface area contributed by atoms with E-state index in [0.29, 0.717) is 29.0 Å². The van der Waals surface area contributed by atoms with Gasteiger partial charge in [-0.1, -0.05) is 17.7 Å². The van der Waals surface area contributed by atoms with Gasteiger partial charge in [0.15, 0.2) is 5.82 Å². The largest absolute Gasteiger partial charge is 0.379 e. The Morgan fingerprint density at radius 3 is 2.50 bits per heavy atom. The average molecular weight is 490 g/mol. The van der Waals surface area contributed by atoms with Crippen LogP contribution in [0.5, 0.6) is 0 Å². The molecule has 1 saturated heterocycles. The van der Waals surface area contributed by atoms with Gasteiger partial charge in [-0.05, 0) is 51.1 Å². The number of carbonyl (C=O) groups is 1. The SMILES string of the molecule is Cc1ccc(-n2nc3c(C)nn(CC(=O)NCCCN4CCOCC4)c(=O)c3c2-n2cccc2)cc1. The van der Waals surface area contributed by atoms with Gasteiger partial charge in [0, 0.05) is 32.0 Å². The van der Waals surface area contributed by atoms with E-state index in [-0.39, 0.29) is 18.0 Å². The lowest BCUT2D eigenvalue weighted by Gasteiger charge is -2.26. The van der Waals surface area contributed by atoms with E-state index in [1.54, 1.807) is 4.68 Å². The van der Waals surface area contributed by atoms with Crippen molar-refractivity contribution in [2.24, 2.45) is 0 Å². The second kappa shape index (κ2) is 10.5. The molecule has 4 aromatic rings. The molecule has 1 aliphatic heterocycles. The van der Waals surface area contributed by atoms with E-state index in [2.05, 4.69) is 15.3 Å². The summed E-state index contributed by atoms with van der Waals surface area (Å²) in [7, 11) is 0. The van der Waals surface area contributed by atoms with Gasteiger partial charge < -0.3 is 14.6 Å². The highest BCUT2D eigenvalue weighted by molar-refractivity contribution is 5.88. The summed E-state index contributed by atoms with van der Waals surface area (Å²) in [6, 6.07) is 11.8. The highest BCUT2D eigenvalue weighted by Crippen LogP contribution is 2.24. The minimum atomic E-state index is -0.346. The molecule has 0 unspecified atom stereocenters. The fourth-order valence-corrected chi connectivity index (χ4v) is 4.50. The van der Waals surface area contributed by atoms with Crippen molar-refractivity contribution in [1.82, 2.24) is 34.3 Å². The van der Waals surface area contributed by atoms with Gasteiger partial charge in [0.1, 0.15) is 17.4 Å². The molecule has 1 fully saturated rings. The quantitative estimate of drug-likeness (QED) is 0.379. The van der Waals surface area contributed by atoms with Gasteiger partial charge in [-0.15, -0.1) is 0 Å². The maximum Gasteiger partial charge on any atom is 0.280 e. The Morgan fingerprint density at radius 1 is 1.06 bits per heavy atom. The van der Waals surface area contributed by atoms with E-state index in [9.17, 15) is 9.59 Å². The molecular formula is C26H31N7O3. The maximum atomic E-state index is 13.6. The van der Waals surface area contributed by atoms with Gasteiger partial charge in [0.2, 0.25) is 5.91 Å². The van der Waals surface area contributed by atoms with Crippen LogP contribution in [0.4, 0.5) is 0 Å². The molecule has 0 radical (unpaired) electrons. The zero-order valence-electron chi connectivity index (χ0n) is 20.7. The van der Waals surface area contributed by atoms with Gasteiger partial charge >= 0.3 is 0 Å². The van der Waals surface area contributed by atoms with Gasteiger partial charge in [0.05, 0.1) is 24.6 Å². The Bertz CT molecular complexity index is 1400. The summed E-state index contributed by atoms with van der Waals surface area (Å²) < 4.78 is 10.2. The van der Waals surface area contributed by atoms with Crippen LogP contribution in [0.2, 0.25) is 0 Å². The molecule has 1 amide bonds. The van der Waals surface area contributed by atoms with Gasteiger partial charge in [0.25, 0.3) is 5.56 Å². The van der Waals surface area contributed by atoms with Crippen LogP contribution >= 0.6 is 0 Å². The van der Waals surface area contributed by atoms with E-state index < -0.39 is 0 Å². The van der Waals surface area contributed by atoms with Gasteiger partial charge in [-0.2, -0.15) is 10.2 Å². The van der Waals surface area contributed by atoms with E-state index in [0.717, 1.165) is 50.5 Å². The summed E-state index contributed by atoms with van der Waals surface area (Å²) in [5.41, 5.74) is 2.73. The van der Waals surface area contributed by atoms with E-state index in [1.165, 1.54) is 4.68 Å². The second-order valence-corrected chi connectivity index (χ2v) is 9.09. The predicted molar refractivity (Wildman–Crippen MR) is 137 cm³/mol. The monoisotopic (exact) mass is 489 g/mol. The molecule has 0 spiro atoms. The summed E-state index contributed by atoms with van der Waals surface area (Å²) in [5.74, 6) is 0.382.